The second-order valence-corrected chi connectivity index (χ2v) is 5.01. The van der Waals surface area contributed by atoms with E-state index in [1.54, 1.807) is 12.5 Å². The molecule has 1 aromatic heterocycles. The fraction of sp³-hybridized carbons (Fsp3) is 0.333. The van der Waals surface area contributed by atoms with Gasteiger partial charge in [-0.3, -0.25) is 4.79 Å². The summed E-state index contributed by atoms with van der Waals surface area (Å²) in [6.07, 6.45) is 5.85. The molecular formula is C15H20N4O. The van der Waals surface area contributed by atoms with Crippen LogP contribution >= 0.6 is 0 Å². The molecule has 0 fully saturated rings. The number of nitrogens with zero attached hydrogens (tertiary/aromatic N) is 2. The van der Waals surface area contributed by atoms with Crippen molar-refractivity contribution in [3.8, 4) is 0 Å². The summed E-state index contributed by atoms with van der Waals surface area (Å²) in [6.45, 7) is 3.17. The average molecular weight is 272 g/mol. The number of rotatable bonds is 6. The van der Waals surface area contributed by atoms with Gasteiger partial charge in [-0.15, -0.1) is 0 Å². The average Bonchev–Trinajstić information content (AvgIpc) is 2.90. The first-order valence-corrected chi connectivity index (χ1v) is 6.69. The standard InChI is InChI=1S/C15H20N4O/c1-12(16)8-15(20)18-9-13-2-4-14(5-3-13)10-19-7-6-17-11-19/h2-7,11-12H,8-10,16H2,1H3,(H,18,20). The van der Waals surface area contributed by atoms with Crippen LogP contribution in [0.3, 0.4) is 0 Å². The lowest BCUT2D eigenvalue weighted by Crippen LogP contribution is -2.29. The molecule has 1 amide bonds. The van der Waals surface area contributed by atoms with Crippen molar-refractivity contribution < 1.29 is 4.79 Å². The fourth-order valence-electron chi connectivity index (χ4n) is 1.92. The van der Waals surface area contributed by atoms with Crippen molar-refractivity contribution in [2.45, 2.75) is 32.5 Å². The Kier molecular flexibility index (Phi) is 4.90. The van der Waals surface area contributed by atoms with Gasteiger partial charge in [0.1, 0.15) is 0 Å². The van der Waals surface area contributed by atoms with Gasteiger partial charge in [0.15, 0.2) is 0 Å². The van der Waals surface area contributed by atoms with E-state index in [2.05, 4.69) is 22.4 Å². The summed E-state index contributed by atoms with van der Waals surface area (Å²) in [5, 5.41) is 2.86. The molecule has 0 aliphatic rings. The molecule has 0 aliphatic heterocycles. The normalized spacial score (nSPS) is 12.1. The van der Waals surface area contributed by atoms with E-state index in [1.807, 2.05) is 29.8 Å². The number of hydrogen-bond donors (Lipinski definition) is 2. The first-order valence-electron chi connectivity index (χ1n) is 6.69. The highest BCUT2D eigenvalue weighted by atomic mass is 16.1. The summed E-state index contributed by atoms with van der Waals surface area (Å²) in [5.41, 5.74) is 7.86. The second-order valence-electron chi connectivity index (χ2n) is 5.01. The second kappa shape index (κ2) is 6.86. The van der Waals surface area contributed by atoms with Crippen molar-refractivity contribution >= 4 is 5.91 Å². The van der Waals surface area contributed by atoms with Crippen LogP contribution in [0.4, 0.5) is 0 Å². The molecule has 5 nitrogen and oxygen atoms in total. The summed E-state index contributed by atoms with van der Waals surface area (Å²) in [6, 6.07) is 8.07. The van der Waals surface area contributed by atoms with Gasteiger partial charge in [-0.2, -0.15) is 0 Å². The predicted molar refractivity (Wildman–Crippen MR) is 77.9 cm³/mol. The molecule has 5 heteroatoms. The van der Waals surface area contributed by atoms with Crippen LogP contribution in [-0.4, -0.2) is 21.5 Å². The number of hydrogen-bond acceptors (Lipinski definition) is 3. The van der Waals surface area contributed by atoms with Crippen LogP contribution < -0.4 is 11.1 Å². The molecule has 0 radical (unpaired) electrons. The third kappa shape index (κ3) is 4.51. The summed E-state index contributed by atoms with van der Waals surface area (Å²) < 4.78 is 2.01. The molecule has 106 valence electrons. The molecule has 3 N–H and O–H groups in total. The quantitative estimate of drug-likeness (QED) is 0.832. The Morgan fingerprint density at radius 1 is 1.35 bits per heavy atom. The highest BCUT2D eigenvalue weighted by Gasteiger charge is 2.04. The summed E-state index contributed by atoms with van der Waals surface area (Å²) >= 11 is 0. The maximum Gasteiger partial charge on any atom is 0.221 e. The molecule has 0 aliphatic carbocycles. The number of nitrogens with one attached hydrogen (secondary N) is 1. The zero-order valence-corrected chi connectivity index (χ0v) is 11.6. The first kappa shape index (κ1) is 14.3. The van der Waals surface area contributed by atoms with Gasteiger partial charge in [0.2, 0.25) is 5.91 Å². The Hall–Kier alpha value is -2.14. The Morgan fingerprint density at radius 2 is 2.05 bits per heavy atom. The number of amides is 1. The van der Waals surface area contributed by atoms with Crippen molar-refractivity contribution in [2.75, 3.05) is 0 Å². The van der Waals surface area contributed by atoms with Gasteiger partial charge in [-0.1, -0.05) is 24.3 Å². The van der Waals surface area contributed by atoms with Crippen molar-refractivity contribution in [2.24, 2.45) is 5.73 Å². The van der Waals surface area contributed by atoms with Gasteiger partial charge < -0.3 is 15.6 Å². The minimum Gasteiger partial charge on any atom is -0.352 e. The topological polar surface area (TPSA) is 72.9 Å². The molecule has 0 saturated heterocycles. The van der Waals surface area contributed by atoms with Crippen LogP contribution in [0.2, 0.25) is 0 Å². The van der Waals surface area contributed by atoms with Crippen LogP contribution in [0, 0.1) is 0 Å². The Bertz CT molecular complexity index is 532. The number of nitrogens with two attached hydrogens (primary N) is 1. The third-order valence-electron chi connectivity index (χ3n) is 2.94. The Morgan fingerprint density at radius 3 is 2.65 bits per heavy atom. The zero-order chi connectivity index (χ0) is 14.4. The Labute approximate surface area is 118 Å². The lowest BCUT2D eigenvalue weighted by molar-refractivity contribution is -0.121. The van der Waals surface area contributed by atoms with Gasteiger partial charge >= 0.3 is 0 Å². The van der Waals surface area contributed by atoms with Gasteiger partial charge in [-0.25, -0.2) is 4.98 Å². The molecule has 0 saturated carbocycles. The number of aromatic nitrogens is 2. The largest absolute Gasteiger partial charge is 0.352 e. The predicted octanol–water partition coefficient (Wildman–Crippen LogP) is 1.28. The minimum atomic E-state index is -0.104. The molecule has 1 atom stereocenters. The van der Waals surface area contributed by atoms with E-state index in [0.29, 0.717) is 13.0 Å². The van der Waals surface area contributed by atoms with Crippen LogP contribution in [0.15, 0.2) is 43.0 Å². The minimum absolute atomic E-state index is 0.0116. The maximum absolute atomic E-state index is 11.5. The lowest BCUT2D eigenvalue weighted by atomic mass is 10.1. The molecule has 0 bridgehead atoms. The first-order chi connectivity index (χ1) is 9.63. The monoisotopic (exact) mass is 272 g/mol. The maximum atomic E-state index is 11.5. The van der Waals surface area contributed by atoms with E-state index < -0.39 is 0 Å². The van der Waals surface area contributed by atoms with E-state index in [0.717, 1.165) is 12.1 Å². The summed E-state index contributed by atoms with van der Waals surface area (Å²) in [4.78, 5) is 15.5. The van der Waals surface area contributed by atoms with E-state index in [4.69, 9.17) is 5.73 Å². The molecule has 1 aromatic carbocycles. The Balaban J connectivity index is 1.84. The SMILES string of the molecule is CC(N)CC(=O)NCc1ccc(Cn2ccnc2)cc1. The molecule has 1 unspecified atom stereocenters. The number of imidazole rings is 1. The lowest BCUT2D eigenvalue weighted by Gasteiger charge is -2.08. The van der Waals surface area contributed by atoms with E-state index >= 15 is 0 Å². The van der Waals surface area contributed by atoms with Crippen molar-refractivity contribution in [1.29, 1.82) is 0 Å². The molecule has 2 aromatic rings. The van der Waals surface area contributed by atoms with Crippen LogP contribution in [-0.2, 0) is 17.9 Å². The van der Waals surface area contributed by atoms with E-state index in [9.17, 15) is 4.79 Å². The number of carbonyl (C=O) groups is 1. The highest BCUT2D eigenvalue weighted by molar-refractivity contribution is 5.76. The smallest absolute Gasteiger partial charge is 0.221 e. The van der Waals surface area contributed by atoms with E-state index in [1.165, 1.54) is 5.56 Å². The van der Waals surface area contributed by atoms with Crippen molar-refractivity contribution in [3.63, 3.8) is 0 Å². The van der Waals surface area contributed by atoms with Gasteiger partial charge in [0.05, 0.1) is 6.33 Å². The van der Waals surface area contributed by atoms with Gasteiger partial charge in [-0.05, 0) is 18.1 Å². The molecular weight excluding hydrogens is 252 g/mol. The summed E-state index contributed by atoms with van der Waals surface area (Å²) in [5.74, 6) is -0.0116. The van der Waals surface area contributed by atoms with Crippen LogP contribution in [0.25, 0.3) is 0 Å². The number of carbonyl (C=O) groups excluding carboxylic acids is 1. The molecule has 0 spiro atoms. The van der Waals surface area contributed by atoms with Gasteiger partial charge in [0, 0.05) is 37.9 Å². The molecule has 2 rings (SSSR count). The zero-order valence-electron chi connectivity index (χ0n) is 11.6. The van der Waals surface area contributed by atoms with Crippen LogP contribution in [0.5, 0.6) is 0 Å². The molecule has 1 heterocycles. The fourth-order valence-corrected chi connectivity index (χ4v) is 1.92. The van der Waals surface area contributed by atoms with E-state index in [-0.39, 0.29) is 11.9 Å². The van der Waals surface area contributed by atoms with Crippen LogP contribution in [0.1, 0.15) is 24.5 Å². The van der Waals surface area contributed by atoms with Crippen molar-refractivity contribution in [1.82, 2.24) is 14.9 Å². The summed E-state index contributed by atoms with van der Waals surface area (Å²) in [7, 11) is 0. The third-order valence-corrected chi connectivity index (χ3v) is 2.94. The van der Waals surface area contributed by atoms with Crippen molar-refractivity contribution in [3.05, 3.63) is 54.1 Å². The van der Waals surface area contributed by atoms with Gasteiger partial charge in [0.25, 0.3) is 0 Å². The molecule has 20 heavy (non-hydrogen) atoms. The highest BCUT2D eigenvalue weighted by Crippen LogP contribution is 2.06. The number of benzene rings is 1.